The number of benzene rings is 1. The largest absolute Gasteiger partial charge is 0.490 e. The van der Waals surface area contributed by atoms with E-state index in [4.69, 9.17) is 9.47 Å². The molecule has 0 heterocycles. The molecular formula is C13H19BrO4S. The summed E-state index contributed by atoms with van der Waals surface area (Å²) in [5, 5.41) is 0. The molecule has 1 atom stereocenters. The first kappa shape index (κ1) is 16.3. The van der Waals surface area contributed by atoms with Gasteiger partial charge in [-0.3, -0.25) is 0 Å². The second-order valence-electron chi connectivity index (χ2n) is 4.13. The minimum atomic E-state index is -3.04. The van der Waals surface area contributed by atoms with Gasteiger partial charge >= 0.3 is 0 Å². The molecule has 0 aromatic heterocycles. The minimum absolute atomic E-state index is 0.0482. The molecule has 1 aromatic rings. The third-order valence-electron chi connectivity index (χ3n) is 2.38. The van der Waals surface area contributed by atoms with Gasteiger partial charge in [0.25, 0.3) is 0 Å². The van der Waals surface area contributed by atoms with Crippen LogP contribution in [0.2, 0.25) is 0 Å². The van der Waals surface area contributed by atoms with Crippen molar-refractivity contribution in [2.75, 3.05) is 25.2 Å². The van der Waals surface area contributed by atoms with Crippen molar-refractivity contribution in [3.05, 3.63) is 23.8 Å². The lowest BCUT2D eigenvalue weighted by atomic mass is 10.1. The first-order valence-electron chi connectivity index (χ1n) is 6.08. The third kappa shape index (κ3) is 5.40. The lowest BCUT2D eigenvalue weighted by Crippen LogP contribution is -2.09. The van der Waals surface area contributed by atoms with Crippen molar-refractivity contribution >= 4 is 25.8 Å². The Morgan fingerprint density at radius 2 is 1.74 bits per heavy atom. The van der Waals surface area contributed by atoms with Crippen molar-refractivity contribution in [1.29, 1.82) is 0 Å². The lowest BCUT2D eigenvalue weighted by Gasteiger charge is -2.14. The van der Waals surface area contributed by atoms with E-state index in [-0.39, 0.29) is 10.6 Å². The summed E-state index contributed by atoms with van der Waals surface area (Å²) in [4.78, 5) is -0.252. The highest BCUT2D eigenvalue weighted by atomic mass is 79.9. The van der Waals surface area contributed by atoms with Crippen LogP contribution in [0.25, 0.3) is 0 Å². The smallest absolute Gasteiger partial charge is 0.161 e. The summed E-state index contributed by atoms with van der Waals surface area (Å²) < 4.78 is 33.6. The van der Waals surface area contributed by atoms with Crippen LogP contribution in [-0.4, -0.2) is 33.6 Å². The molecule has 0 aliphatic heterocycles. The average molecular weight is 351 g/mol. The molecular weight excluding hydrogens is 332 g/mol. The highest BCUT2D eigenvalue weighted by Crippen LogP contribution is 2.33. The van der Waals surface area contributed by atoms with Gasteiger partial charge in [0.05, 0.1) is 23.8 Å². The van der Waals surface area contributed by atoms with Gasteiger partial charge in [-0.25, -0.2) is 8.42 Å². The van der Waals surface area contributed by atoms with E-state index in [1.165, 1.54) is 6.26 Å². The standard InChI is InChI=1S/C13H19BrO4S/c1-4-17-12-7-6-10(8-13(12)18-5-2)11(14)9-19(3,15)16/h6-8,11H,4-5,9H2,1-3H3. The summed E-state index contributed by atoms with van der Waals surface area (Å²) in [6.45, 7) is 4.88. The van der Waals surface area contributed by atoms with Gasteiger partial charge in [0, 0.05) is 6.26 Å². The number of alkyl halides is 1. The molecule has 108 valence electrons. The number of hydrogen-bond donors (Lipinski definition) is 0. The molecule has 6 heteroatoms. The number of ether oxygens (including phenoxy) is 2. The van der Waals surface area contributed by atoms with Crippen molar-refractivity contribution in [1.82, 2.24) is 0 Å². The topological polar surface area (TPSA) is 52.6 Å². The van der Waals surface area contributed by atoms with E-state index in [1.807, 2.05) is 26.0 Å². The summed E-state index contributed by atoms with van der Waals surface area (Å²) in [6.07, 6.45) is 1.22. The highest BCUT2D eigenvalue weighted by Gasteiger charge is 2.16. The fourth-order valence-corrected chi connectivity index (χ4v) is 4.07. The third-order valence-corrected chi connectivity index (χ3v) is 4.60. The Kier molecular flexibility index (Phi) is 6.13. The summed E-state index contributed by atoms with van der Waals surface area (Å²) in [5.41, 5.74) is 0.859. The van der Waals surface area contributed by atoms with E-state index in [0.717, 1.165) is 5.56 Å². The van der Waals surface area contributed by atoms with Crippen LogP contribution in [0.5, 0.6) is 11.5 Å². The maximum Gasteiger partial charge on any atom is 0.161 e. The molecule has 0 saturated carbocycles. The molecule has 0 spiro atoms. The Labute approximate surface area is 123 Å². The Hall–Kier alpha value is -0.750. The molecule has 0 fully saturated rings. The Morgan fingerprint density at radius 1 is 1.16 bits per heavy atom. The van der Waals surface area contributed by atoms with Crippen molar-refractivity contribution < 1.29 is 17.9 Å². The molecule has 1 rings (SSSR count). The van der Waals surface area contributed by atoms with Crippen molar-refractivity contribution in [2.45, 2.75) is 18.7 Å². The van der Waals surface area contributed by atoms with E-state index in [0.29, 0.717) is 24.7 Å². The van der Waals surface area contributed by atoms with Gasteiger partial charge in [-0.2, -0.15) is 0 Å². The van der Waals surface area contributed by atoms with Crippen LogP contribution < -0.4 is 9.47 Å². The zero-order valence-electron chi connectivity index (χ0n) is 11.3. The van der Waals surface area contributed by atoms with Crippen LogP contribution in [0.15, 0.2) is 18.2 Å². The van der Waals surface area contributed by atoms with E-state index in [9.17, 15) is 8.42 Å². The fourth-order valence-electron chi connectivity index (χ4n) is 1.62. The molecule has 0 amide bonds. The normalized spacial score (nSPS) is 13.1. The summed E-state index contributed by atoms with van der Waals surface area (Å²) in [7, 11) is -3.04. The second-order valence-corrected chi connectivity index (χ2v) is 7.42. The predicted octanol–water partition coefficient (Wildman–Crippen LogP) is 2.96. The van der Waals surface area contributed by atoms with E-state index in [1.54, 1.807) is 6.07 Å². The van der Waals surface area contributed by atoms with Crippen LogP contribution in [0.4, 0.5) is 0 Å². The van der Waals surface area contributed by atoms with Gasteiger partial charge in [-0.1, -0.05) is 22.0 Å². The monoisotopic (exact) mass is 350 g/mol. The predicted molar refractivity (Wildman–Crippen MR) is 80.2 cm³/mol. The Bertz CT molecular complexity index is 513. The first-order chi connectivity index (χ1) is 8.87. The van der Waals surface area contributed by atoms with Gasteiger partial charge < -0.3 is 9.47 Å². The van der Waals surface area contributed by atoms with Crippen LogP contribution in [0.1, 0.15) is 24.2 Å². The van der Waals surface area contributed by atoms with Crippen molar-refractivity contribution in [3.8, 4) is 11.5 Å². The lowest BCUT2D eigenvalue weighted by molar-refractivity contribution is 0.287. The molecule has 0 aliphatic carbocycles. The second kappa shape index (κ2) is 7.14. The number of rotatable bonds is 7. The Morgan fingerprint density at radius 3 is 2.26 bits per heavy atom. The first-order valence-corrected chi connectivity index (χ1v) is 9.06. The SMILES string of the molecule is CCOc1ccc(C(Br)CS(C)(=O)=O)cc1OCC. The van der Waals surface area contributed by atoms with E-state index >= 15 is 0 Å². The molecule has 0 radical (unpaired) electrons. The molecule has 0 aliphatic rings. The highest BCUT2D eigenvalue weighted by molar-refractivity contribution is 9.09. The number of hydrogen-bond acceptors (Lipinski definition) is 4. The average Bonchev–Trinajstić information content (AvgIpc) is 2.29. The summed E-state index contributed by atoms with van der Waals surface area (Å²) >= 11 is 3.40. The molecule has 1 unspecified atom stereocenters. The zero-order valence-corrected chi connectivity index (χ0v) is 13.8. The maximum absolute atomic E-state index is 11.3. The van der Waals surface area contributed by atoms with Crippen LogP contribution in [0, 0.1) is 0 Å². The van der Waals surface area contributed by atoms with Gasteiger partial charge in [-0.15, -0.1) is 0 Å². The zero-order chi connectivity index (χ0) is 14.5. The summed E-state index contributed by atoms with van der Waals surface area (Å²) in [6, 6.07) is 5.47. The number of halogens is 1. The molecule has 0 N–H and O–H groups in total. The molecule has 1 aromatic carbocycles. The maximum atomic E-state index is 11.3. The van der Waals surface area contributed by atoms with Gasteiger partial charge in [-0.05, 0) is 31.5 Å². The molecule has 0 bridgehead atoms. The van der Waals surface area contributed by atoms with Crippen LogP contribution in [0.3, 0.4) is 0 Å². The summed E-state index contributed by atoms with van der Waals surface area (Å²) in [5.74, 6) is 1.36. The van der Waals surface area contributed by atoms with Crippen molar-refractivity contribution in [2.24, 2.45) is 0 Å². The molecule has 4 nitrogen and oxygen atoms in total. The van der Waals surface area contributed by atoms with Gasteiger partial charge in [0.2, 0.25) is 0 Å². The van der Waals surface area contributed by atoms with Gasteiger partial charge in [0.1, 0.15) is 9.84 Å². The molecule has 0 saturated heterocycles. The Balaban J connectivity index is 3.00. The van der Waals surface area contributed by atoms with Crippen LogP contribution >= 0.6 is 15.9 Å². The van der Waals surface area contributed by atoms with Crippen molar-refractivity contribution in [3.63, 3.8) is 0 Å². The minimum Gasteiger partial charge on any atom is -0.490 e. The molecule has 19 heavy (non-hydrogen) atoms. The van der Waals surface area contributed by atoms with E-state index in [2.05, 4.69) is 15.9 Å². The van der Waals surface area contributed by atoms with E-state index < -0.39 is 9.84 Å². The quantitative estimate of drug-likeness (QED) is 0.709. The number of sulfone groups is 1. The van der Waals surface area contributed by atoms with Gasteiger partial charge in [0.15, 0.2) is 11.5 Å². The fraction of sp³-hybridized carbons (Fsp3) is 0.538. The van der Waals surface area contributed by atoms with Crippen LogP contribution in [-0.2, 0) is 9.84 Å².